The molecule has 1 saturated heterocycles. The number of hydrogen-bond donors (Lipinski definition) is 2. The van der Waals surface area contributed by atoms with Gasteiger partial charge in [-0.25, -0.2) is 14.2 Å². The molecule has 1 fully saturated rings. The number of benzene rings is 1. The lowest BCUT2D eigenvalue weighted by Gasteiger charge is -2.28. The first-order chi connectivity index (χ1) is 16.1. The number of aromatic nitrogens is 4. The van der Waals surface area contributed by atoms with E-state index in [0.29, 0.717) is 11.2 Å². The van der Waals surface area contributed by atoms with Crippen LogP contribution in [0.4, 0.5) is 4.39 Å². The van der Waals surface area contributed by atoms with Crippen molar-refractivity contribution in [1.29, 1.82) is 5.26 Å². The highest BCUT2D eigenvalue weighted by atomic mass is 19.1. The third-order valence-electron chi connectivity index (χ3n) is 6.73. The minimum Gasteiger partial charge on any atom is -0.479 e. The molecule has 0 unspecified atom stereocenters. The predicted octanol–water partition coefficient (Wildman–Crippen LogP) is 4.58. The Bertz CT molecular complexity index is 1460. The van der Waals surface area contributed by atoms with Crippen LogP contribution < -0.4 is 0 Å². The zero-order valence-electron chi connectivity index (χ0n) is 19.1. The fourth-order valence-corrected chi connectivity index (χ4v) is 4.99. The summed E-state index contributed by atoms with van der Waals surface area (Å²) in [6.45, 7) is 5.75. The molecule has 0 radical (unpaired) electrons. The molecule has 174 valence electrons. The van der Waals surface area contributed by atoms with Gasteiger partial charge in [0.15, 0.2) is 11.2 Å². The van der Waals surface area contributed by atoms with Gasteiger partial charge in [-0.2, -0.15) is 10.4 Å². The third kappa shape index (κ3) is 3.33. The molecule has 9 heteroatoms. The van der Waals surface area contributed by atoms with E-state index in [1.807, 2.05) is 24.5 Å². The van der Waals surface area contributed by atoms with Gasteiger partial charge in [0, 0.05) is 40.1 Å². The molecule has 4 aromatic rings. The first-order valence-electron chi connectivity index (χ1n) is 11.0. The van der Waals surface area contributed by atoms with Crippen LogP contribution in [-0.4, -0.2) is 43.0 Å². The molecule has 0 saturated carbocycles. The van der Waals surface area contributed by atoms with Crippen molar-refractivity contribution in [2.45, 2.75) is 50.5 Å². The minimum absolute atomic E-state index is 0.212. The van der Waals surface area contributed by atoms with E-state index in [-0.39, 0.29) is 31.2 Å². The number of rotatable bonds is 5. The summed E-state index contributed by atoms with van der Waals surface area (Å²) in [6.07, 6.45) is 2.17. The monoisotopic (exact) mass is 461 g/mol. The maximum atomic E-state index is 13.8. The number of H-pyrrole nitrogens is 1. The number of carbonyl (C=O) groups is 1. The summed E-state index contributed by atoms with van der Waals surface area (Å²) in [6, 6.07) is 10.4. The standard InChI is InChI=1S/C25H24FN5O3/c1-24(2,8-9-27)21-19(15-11-25(3,23(32)33)34-13-15)20-18(10-14-12-28-30-22(14)29-20)31(21)17-6-4-16(26)5-7-17/h4-7,10,12,15H,8,11,13H2,1-3H3,(H,32,33)(H,28,29,30)/t15-,25+/m1/s1. The number of fused-ring (bicyclic) bond motifs is 2. The molecular weight excluding hydrogens is 437 g/mol. The number of nitrogens with zero attached hydrogens (tertiary/aromatic N) is 4. The Hall–Kier alpha value is -3.77. The maximum absolute atomic E-state index is 13.8. The second kappa shape index (κ2) is 7.64. The largest absolute Gasteiger partial charge is 0.479 e. The number of aliphatic carboxylic acids is 1. The molecule has 34 heavy (non-hydrogen) atoms. The van der Waals surface area contributed by atoms with Crippen molar-refractivity contribution in [3.63, 3.8) is 0 Å². The van der Waals surface area contributed by atoms with E-state index >= 15 is 0 Å². The molecule has 0 amide bonds. The van der Waals surface area contributed by atoms with Crippen molar-refractivity contribution in [3.05, 3.63) is 53.6 Å². The molecule has 2 N–H and O–H groups in total. The number of carboxylic acid groups (broad SMARTS) is 1. The first-order valence-corrected chi connectivity index (χ1v) is 11.0. The first kappa shape index (κ1) is 22.0. The molecule has 5 rings (SSSR count). The number of nitriles is 1. The van der Waals surface area contributed by atoms with Crippen LogP contribution in [0.25, 0.3) is 27.8 Å². The summed E-state index contributed by atoms with van der Waals surface area (Å²) in [5.41, 5.74) is 2.55. The highest BCUT2D eigenvalue weighted by molar-refractivity contribution is 5.94. The summed E-state index contributed by atoms with van der Waals surface area (Å²) < 4.78 is 21.6. The zero-order valence-corrected chi connectivity index (χ0v) is 19.1. The van der Waals surface area contributed by atoms with E-state index in [1.165, 1.54) is 12.1 Å². The van der Waals surface area contributed by atoms with Crippen molar-refractivity contribution >= 4 is 28.0 Å². The Labute approximate surface area is 195 Å². The molecule has 4 heterocycles. The predicted molar refractivity (Wildman–Crippen MR) is 123 cm³/mol. The van der Waals surface area contributed by atoms with Gasteiger partial charge < -0.3 is 14.4 Å². The summed E-state index contributed by atoms with van der Waals surface area (Å²) in [5, 5.41) is 27.2. The topological polar surface area (TPSA) is 117 Å². The minimum atomic E-state index is -1.32. The van der Waals surface area contributed by atoms with Crippen LogP contribution in [0.1, 0.15) is 50.8 Å². The maximum Gasteiger partial charge on any atom is 0.335 e. The quantitative estimate of drug-likeness (QED) is 0.449. The fraction of sp³-hybridized carbons (Fsp3) is 0.360. The Morgan fingerprint density at radius 3 is 2.79 bits per heavy atom. The molecular formula is C25H24FN5O3. The fourth-order valence-electron chi connectivity index (χ4n) is 4.99. The smallest absolute Gasteiger partial charge is 0.335 e. The van der Waals surface area contributed by atoms with E-state index in [0.717, 1.165) is 27.8 Å². The van der Waals surface area contributed by atoms with Crippen LogP contribution in [0.2, 0.25) is 0 Å². The summed E-state index contributed by atoms with van der Waals surface area (Å²) in [4.78, 5) is 16.8. The average Bonchev–Trinajstić information content (AvgIpc) is 3.48. The summed E-state index contributed by atoms with van der Waals surface area (Å²) in [7, 11) is 0. The van der Waals surface area contributed by atoms with Crippen LogP contribution in [0.15, 0.2) is 36.5 Å². The number of carboxylic acids is 1. The lowest BCUT2D eigenvalue weighted by molar-refractivity contribution is -0.157. The second-order valence-electron chi connectivity index (χ2n) is 9.70. The second-order valence-corrected chi connectivity index (χ2v) is 9.70. The number of halogens is 1. The highest BCUT2D eigenvalue weighted by Gasteiger charge is 2.46. The Kier molecular flexibility index (Phi) is 4.95. The van der Waals surface area contributed by atoms with E-state index in [2.05, 4.69) is 16.3 Å². The molecule has 0 aliphatic carbocycles. The molecule has 8 nitrogen and oxygen atoms in total. The van der Waals surface area contributed by atoms with Crippen LogP contribution in [0.5, 0.6) is 0 Å². The van der Waals surface area contributed by atoms with Crippen LogP contribution in [-0.2, 0) is 14.9 Å². The summed E-state index contributed by atoms with van der Waals surface area (Å²) in [5.74, 6) is -1.62. The molecule has 0 bridgehead atoms. The molecule has 1 aromatic carbocycles. The number of hydrogen-bond acceptors (Lipinski definition) is 5. The van der Waals surface area contributed by atoms with Gasteiger partial charge in [0.05, 0.1) is 29.9 Å². The lowest BCUT2D eigenvalue weighted by atomic mass is 9.79. The van der Waals surface area contributed by atoms with E-state index in [4.69, 9.17) is 9.72 Å². The van der Waals surface area contributed by atoms with Gasteiger partial charge in [-0.1, -0.05) is 13.8 Å². The highest BCUT2D eigenvalue weighted by Crippen LogP contribution is 2.47. The molecule has 1 aliphatic heterocycles. The van der Waals surface area contributed by atoms with Gasteiger partial charge in [0.25, 0.3) is 0 Å². The van der Waals surface area contributed by atoms with Crippen LogP contribution >= 0.6 is 0 Å². The van der Waals surface area contributed by atoms with Gasteiger partial charge in [-0.15, -0.1) is 0 Å². The van der Waals surface area contributed by atoms with Crippen molar-refractivity contribution in [2.75, 3.05) is 6.61 Å². The number of aromatic amines is 1. The van der Waals surface area contributed by atoms with E-state index < -0.39 is 17.0 Å². The van der Waals surface area contributed by atoms with Gasteiger partial charge in [0.2, 0.25) is 0 Å². The van der Waals surface area contributed by atoms with E-state index in [9.17, 15) is 19.6 Å². The number of nitrogens with one attached hydrogen (secondary N) is 1. The van der Waals surface area contributed by atoms with Gasteiger partial charge in [-0.05, 0) is 43.7 Å². The van der Waals surface area contributed by atoms with Crippen molar-refractivity contribution < 1.29 is 19.0 Å². The number of pyridine rings is 1. The average molecular weight is 461 g/mol. The Morgan fingerprint density at radius 1 is 1.41 bits per heavy atom. The Morgan fingerprint density at radius 2 is 2.15 bits per heavy atom. The van der Waals surface area contributed by atoms with Crippen molar-refractivity contribution in [3.8, 4) is 11.8 Å². The molecule has 0 spiro atoms. The van der Waals surface area contributed by atoms with Crippen molar-refractivity contribution in [2.24, 2.45) is 0 Å². The zero-order chi connectivity index (χ0) is 24.3. The van der Waals surface area contributed by atoms with Gasteiger partial charge in [0.1, 0.15) is 5.82 Å². The Balaban J connectivity index is 1.88. The van der Waals surface area contributed by atoms with Gasteiger partial charge >= 0.3 is 5.97 Å². The molecule has 3 aromatic heterocycles. The summed E-state index contributed by atoms with van der Waals surface area (Å²) >= 11 is 0. The third-order valence-corrected chi connectivity index (χ3v) is 6.73. The molecule has 2 atom stereocenters. The van der Waals surface area contributed by atoms with Gasteiger partial charge in [-0.3, -0.25) is 5.10 Å². The SMILES string of the molecule is CC(C)(CC#N)c1c([C@H]2CO[C@](C)(C(=O)O)C2)c2nc3[nH]ncc3cc2n1-c1ccc(F)cc1. The van der Waals surface area contributed by atoms with Crippen LogP contribution in [0.3, 0.4) is 0 Å². The molecule has 1 aliphatic rings. The number of ether oxygens (including phenoxy) is 1. The normalized spacial score (nSPS) is 20.7. The van der Waals surface area contributed by atoms with E-state index in [1.54, 1.807) is 25.3 Å². The van der Waals surface area contributed by atoms with Crippen LogP contribution in [0, 0.1) is 17.1 Å². The lowest BCUT2D eigenvalue weighted by Crippen LogP contribution is -2.34. The van der Waals surface area contributed by atoms with Crippen molar-refractivity contribution in [1.82, 2.24) is 19.7 Å².